The van der Waals surface area contributed by atoms with Gasteiger partial charge in [0.1, 0.15) is 0 Å². The summed E-state index contributed by atoms with van der Waals surface area (Å²) in [5, 5.41) is 3.60. The molecule has 1 saturated carbocycles. The molecule has 0 aromatic rings. The zero-order chi connectivity index (χ0) is 11.9. The Morgan fingerprint density at radius 3 is 2.94 bits per heavy atom. The molecule has 0 saturated heterocycles. The molecule has 0 heterocycles. The lowest BCUT2D eigenvalue weighted by atomic mass is 9.75. The van der Waals surface area contributed by atoms with Gasteiger partial charge in [-0.15, -0.1) is 6.58 Å². The minimum atomic E-state index is 0.527. The smallest absolute Gasteiger partial charge is 0.0591 e. The first-order valence-corrected chi connectivity index (χ1v) is 6.56. The number of hydrogen-bond donors (Lipinski definition) is 1. The van der Waals surface area contributed by atoms with Crippen LogP contribution in [0.15, 0.2) is 12.7 Å². The van der Waals surface area contributed by atoms with Gasteiger partial charge < -0.3 is 10.1 Å². The molecule has 1 unspecified atom stereocenters. The molecule has 0 aliphatic heterocycles. The van der Waals surface area contributed by atoms with Gasteiger partial charge in [-0.1, -0.05) is 26.3 Å². The van der Waals surface area contributed by atoms with Crippen LogP contribution < -0.4 is 5.32 Å². The molecule has 0 bridgehead atoms. The highest BCUT2D eigenvalue weighted by molar-refractivity contribution is 4.83. The molecule has 1 rings (SSSR count). The highest BCUT2D eigenvalue weighted by Crippen LogP contribution is 2.34. The molecule has 0 amide bonds. The quantitative estimate of drug-likeness (QED) is 0.531. The van der Waals surface area contributed by atoms with Gasteiger partial charge in [-0.2, -0.15) is 0 Å². The third-order valence-corrected chi connectivity index (χ3v) is 3.35. The molecule has 1 atom stereocenters. The molecular formula is C14H27NO. The van der Waals surface area contributed by atoms with Crippen molar-refractivity contribution >= 4 is 0 Å². The van der Waals surface area contributed by atoms with E-state index >= 15 is 0 Å². The number of rotatable bonds is 7. The summed E-state index contributed by atoms with van der Waals surface area (Å²) in [6.07, 6.45) is 8.23. The lowest BCUT2D eigenvalue weighted by Crippen LogP contribution is -2.38. The standard InChI is InChI=1S/C14H27NO/c1-4-5-10-16-11-9-15-13-7-6-8-14(2,3)12-13/h4,13,15H,1,5-12H2,2-3H3. The van der Waals surface area contributed by atoms with Gasteiger partial charge in [0.15, 0.2) is 0 Å². The van der Waals surface area contributed by atoms with Gasteiger partial charge in [0.05, 0.1) is 13.2 Å². The molecule has 2 heteroatoms. The van der Waals surface area contributed by atoms with Crippen LogP contribution in [0, 0.1) is 5.41 Å². The summed E-state index contributed by atoms with van der Waals surface area (Å²) < 4.78 is 5.48. The second-order valence-corrected chi connectivity index (χ2v) is 5.60. The van der Waals surface area contributed by atoms with Crippen molar-refractivity contribution in [3.63, 3.8) is 0 Å². The van der Waals surface area contributed by atoms with Gasteiger partial charge in [0.25, 0.3) is 0 Å². The zero-order valence-corrected chi connectivity index (χ0v) is 10.9. The third kappa shape index (κ3) is 5.66. The molecule has 0 aromatic carbocycles. The van der Waals surface area contributed by atoms with Crippen molar-refractivity contribution in [2.24, 2.45) is 5.41 Å². The third-order valence-electron chi connectivity index (χ3n) is 3.35. The van der Waals surface area contributed by atoms with Crippen LogP contribution in [0.1, 0.15) is 46.0 Å². The summed E-state index contributed by atoms with van der Waals surface area (Å²) >= 11 is 0. The van der Waals surface area contributed by atoms with Crippen LogP contribution in [-0.2, 0) is 4.74 Å². The van der Waals surface area contributed by atoms with Crippen LogP contribution in [0.3, 0.4) is 0 Å². The Kier molecular flexibility index (Phi) is 6.07. The maximum absolute atomic E-state index is 5.48. The molecule has 0 aromatic heterocycles. The minimum Gasteiger partial charge on any atom is -0.380 e. The normalized spacial score (nSPS) is 24.2. The molecule has 1 fully saturated rings. The van der Waals surface area contributed by atoms with E-state index in [0.29, 0.717) is 11.5 Å². The van der Waals surface area contributed by atoms with Crippen molar-refractivity contribution in [2.75, 3.05) is 19.8 Å². The second-order valence-electron chi connectivity index (χ2n) is 5.60. The largest absolute Gasteiger partial charge is 0.380 e. The van der Waals surface area contributed by atoms with Crippen molar-refractivity contribution in [1.29, 1.82) is 0 Å². The number of hydrogen-bond acceptors (Lipinski definition) is 2. The summed E-state index contributed by atoms with van der Waals surface area (Å²) in [6.45, 7) is 11.0. The van der Waals surface area contributed by atoms with Crippen LogP contribution in [0.5, 0.6) is 0 Å². The van der Waals surface area contributed by atoms with E-state index in [1.54, 1.807) is 0 Å². The summed E-state index contributed by atoms with van der Waals surface area (Å²) in [4.78, 5) is 0. The Morgan fingerprint density at radius 1 is 1.44 bits per heavy atom. The topological polar surface area (TPSA) is 21.3 Å². The van der Waals surface area contributed by atoms with Crippen molar-refractivity contribution in [3.05, 3.63) is 12.7 Å². The van der Waals surface area contributed by atoms with Crippen LogP contribution in [-0.4, -0.2) is 25.8 Å². The highest BCUT2D eigenvalue weighted by Gasteiger charge is 2.27. The van der Waals surface area contributed by atoms with Gasteiger partial charge >= 0.3 is 0 Å². The lowest BCUT2D eigenvalue weighted by Gasteiger charge is -2.35. The molecule has 16 heavy (non-hydrogen) atoms. The van der Waals surface area contributed by atoms with E-state index < -0.39 is 0 Å². The predicted molar refractivity (Wildman–Crippen MR) is 69.7 cm³/mol. The fraction of sp³-hybridized carbons (Fsp3) is 0.857. The average Bonchev–Trinajstić information content (AvgIpc) is 2.22. The van der Waals surface area contributed by atoms with Gasteiger partial charge in [-0.25, -0.2) is 0 Å². The monoisotopic (exact) mass is 225 g/mol. The number of ether oxygens (including phenoxy) is 1. The van der Waals surface area contributed by atoms with Crippen molar-refractivity contribution in [2.45, 2.75) is 52.0 Å². The van der Waals surface area contributed by atoms with Crippen LogP contribution in [0.25, 0.3) is 0 Å². The molecule has 1 N–H and O–H groups in total. The highest BCUT2D eigenvalue weighted by atomic mass is 16.5. The number of nitrogens with one attached hydrogen (secondary N) is 1. The van der Waals surface area contributed by atoms with Gasteiger partial charge in [-0.3, -0.25) is 0 Å². The molecule has 1 aliphatic carbocycles. The summed E-state index contributed by atoms with van der Waals surface area (Å²) in [5.41, 5.74) is 0.527. The summed E-state index contributed by atoms with van der Waals surface area (Å²) in [6, 6.07) is 0.701. The molecule has 1 aliphatic rings. The van der Waals surface area contributed by atoms with Gasteiger partial charge in [-0.05, 0) is 31.1 Å². The fourth-order valence-corrected chi connectivity index (χ4v) is 2.48. The molecule has 0 radical (unpaired) electrons. The maximum Gasteiger partial charge on any atom is 0.0591 e. The van der Waals surface area contributed by atoms with E-state index in [2.05, 4.69) is 25.7 Å². The first-order chi connectivity index (χ1) is 7.64. The van der Waals surface area contributed by atoms with Crippen LogP contribution >= 0.6 is 0 Å². The predicted octanol–water partition coefficient (Wildman–Crippen LogP) is 3.14. The van der Waals surface area contributed by atoms with E-state index in [4.69, 9.17) is 4.74 Å². The molecule has 2 nitrogen and oxygen atoms in total. The van der Waals surface area contributed by atoms with E-state index in [-0.39, 0.29) is 0 Å². The van der Waals surface area contributed by atoms with Crippen LogP contribution in [0.2, 0.25) is 0 Å². The maximum atomic E-state index is 5.48. The molecular weight excluding hydrogens is 198 g/mol. The van der Waals surface area contributed by atoms with Crippen LogP contribution in [0.4, 0.5) is 0 Å². The van der Waals surface area contributed by atoms with E-state index in [0.717, 1.165) is 26.2 Å². The first kappa shape index (κ1) is 13.7. The Hall–Kier alpha value is -0.340. The van der Waals surface area contributed by atoms with Gasteiger partial charge in [0, 0.05) is 12.6 Å². The minimum absolute atomic E-state index is 0.527. The second kappa shape index (κ2) is 7.08. The Bertz CT molecular complexity index is 201. The van der Waals surface area contributed by atoms with Crippen molar-refractivity contribution in [3.8, 4) is 0 Å². The van der Waals surface area contributed by atoms with E-state index in [1.165, 1.54) is 25.7 Å². The van der Waals surface area contributed by atoms with E-state index in [9.17, 15) is 0 Å². The molecule has 0 spiro atoms. The Balaban J connectivity index is 2.02. The van der Waals surface area contributed by atoms with E-state index in [1.807, 2.05) is 6.08 Å². The summed E-state index contributed by atoms with van der Waals surface area (Å²) in [7, 11) is 0. The molecule has 94 valence electrons. The first-order valence-electron chi connectivity index (χ1n) is 6.56. The van der Waals surface area contributed by atoms with Gasteiger partial charge in [0.2, 0.25) is 0 Å². The Morgan fingerprint density at radius 2 is 2.25 bits per heavy atom. The Labute approximate surface area is 100 Å². The fourth-order valence-electron chi connectivity index (χ4n) is 2.48. The SMILES string of the molecule is C=CCCOCCNC1CCCC(C)(C)C1. The van der Waals surface area contributed by atoms with Crippen molar-refractivity contribution < 1.29 is 4.74 Å². The lowest BCUT2D eigenvalue weighted by molar-refractivity contribution is 0.129. The average molecular weight is 225 g/mol. The summed E-state index contributed by atoms with van der Waals surface area (Å²) in [5.74, 6) is 0. The van der Waals surface area contributed by atoms with Crippen molar-refractivity contribution in [1.82, 2.24) is 5.32 Å². The zero-order valence-electron chi connectivity index (χ0n) is 10.9.